The molecule has 4 rings (SSSR count). The highest BCUT2D eigenvalue weighted by Crippen LogP contribution is 2.21. The highest BCUT2D eigenvalue weighted by Gasteiger charge is 2.35. The molecule has 0 saturated carbocycles. The summed E-state index contributed by atoms with van der Waals surface area (Å²) in [6.45, 7) is 0.270. The Labute approximate surface area is 166 Å². The first-order chi connectivity index (χ1) is 13.5. The molecule has 1 atom stereocenters. The molecule has 146 valence electrons. The second-order valence-electron chi connectivity index (χ2n) is 6.72. The van der Waals surface area contributed by atoms with Gasteiger partial charge in [0.25, 0.3) is 0 Å². The summed E-state index contributed by atoms with van der Waals surface area (Å²) in [4.78, 5) is 15.9. The van der Waals surface area contributed by atoms with Gasteiger partial charge < -0.3 is 4.90 Å². The van der Waals surface area contributed by atoms with Crippen molar-refractivity contribution in [2.75, 3.05) is 11.5 Å². The molecule has 0 bridgehead atoms. The van der Waals surface area contributed by atoms with Crippen molar-refractivity contribution < 1.29 is 13.2 Å². The molecular weight excluding hydrogens is 398 g/mol. The molecule has 3 aromatic rings. The highest BCUT2D eigenvalue weighted by atomic mass is 32.2. The maximum absolute atomic E-state index is 13.0. The summed E-state index contributed by atoms with van der Waals surface area (Å²) in [5.74, 6) is 0.351. The molecule has 1 aliphatic rings. The van der Waals surface area contributed by atoms with E-state index in [9.17, 15) is 13.2 Å². The average molecular weight is 418 g/mol. The topological polar surface area (TPSA) is 98.1 Å². The van der Waals surface area contributed by atoms with Gasteiger partial charge in [-0.15, -0.1) is 10.2 Å². The van der Waals surface area contributed by atoms with Gasteiger partial charge in [0, 0.05) is 23.5 Å². The Hall–Kier alpha value is -2.59. The van der Waals surface area contributed by atoms with Crippen LogP contribution >= 0.6 is 11.3 Å². The van der Waals surface area contributed by atoms with Gasteiger partial charge in [0.2, 0.25) is 11.7 Å². The Morgan fingerprint density at radius 1 is 1.25 bits per heavy atom. The smallest absolute Gasteiger partial charge is 0.246 e. The van der Waals surface area contributed by atoms with Gasteiger partial charge in [-0.1, -0.05) is 30.3 Å². The Balaban J connectivity index is 1.53. The molecule has 8 nitrogen and oxygen atoms in total. The molecule has 3 heterocycles. The van der Waals surface area contributed by atoms with Crippen LogP contribution in [0.5, 0.6) is 0 Å². The van der Waals surface area contributed by atoms with E-state index < -0.39 is 9.84 Å². The lowest BCUT2D eigenvalue weighted by Gasteiger charge is -2.28. The fourth-order valence-corrected chi connectivity index (χ4v) is 5.62. The fraction of sp³-hybridized carbons (Fsp3) is 0.333. The summed E-state index contributed by atoms with van der Waals surface area (Å²) in [7, 11) is -3.11. The molecule has 1 amide bonds. The molecule has 1 fully saturated rings. The van der Waals surface area contributed by atoms with Crippen LogP contribution in [0.4, 0.5) is 0 Å². The van der Waals surface area contributed by atoms with Gasteiger partial charge in [0.15, 0.2) is 9.84 Å². The third kappa shape index (κ3) is 4.28. The average Bonchev–Trinajstić information content (AvgIpc) is 3.41. The maximum atomic E-state index is 13.0. The van der Waals surface area contributed by atoms with Crippen LogP contribution in [0.2, 0.25) is 0 Å². The lowest BCUT2D eigenvalue weighted by Crippen LogP contribution is -2.42. The van der Waals surface area contributed by atoms with Crippen molar-refractivity contribution >= 4 is 27.1 Å². The molecule has 1 aromatic carbocycles. The van der Waals surface area contributed by atoms with Crippen LogP contribution < -0.4 is 0 Å². The summed E-state index contributed by atoms with van der Waals surface area (Å²) in [6, 6.07) is 11.1. The Bertz CT molecular complexity index is 1050. The zero-order valence-corrected chi connectivity index (χ0v) is 16.6. The van der Waals surface area contributed by atoms with E-state index in [1.54, 1.807) is 4.90 Å². The minimum atomic E-state index is -3.11. The Kier molecular flexibility index (Phi) is 5.23. The number of amides is 1. The van der Waals surface area contributed by atoms with E-state index in [0.717, 1.165) is 11.1 Å². The molecule has 0 N–H and O–H groups in total. The number of hydrogen-bond donors (Lipinski definition) is 0. The van der Waals surface area contributed by atoms with Gasteiger partial charge in [-0.2, -0.15) is 16.1 Å². The van der Waals surface area contributed by atoms with Crippen molar-refractivity contribution in [3.8, 4) is 11.4 Å². The molecule has 0 aliphatic carbocycles. The minimum absolute atomic E-state index is 0.00346. The van der Waals surface area contributed by atoms with Crippen molar-refractivity contribution in [3.63, 3.8) is 0 Å². The van der Waals surface area contributed by atoms with E-state index in [0.29, 0.717) is 18.8 Å². The van der Waals surface area contributed by atoms with E-state index in [-0.39, 0.29) is 30.0 Å². The van der Waals surface area contributed by atoms with Crippen LogP contribution in [0.15, 0.2) is 47.2 Å². The second kappa shape index (κ2) is 7.80. The normalized spacial score (nSPS) is 18.2. The Morgan fingerprint density at radius 2 is 2.07 bits per heavy atom. The van der Waals surface area contributed by atoms with Gasteiger partial charge in [-0.3, -0.25) is 4.79 Å². The number of rotatable bonds is 6. The van der Waals surface area contributed by atoms with E-state index in [1.165, 1.54) is 16.1 Å². The lowest BCUT2D eigenvalue weighted by atomic mass is 10.1. The molecule has 1 saturated heterocycles. The summed E-state index contributed by atoms with van der Waals surface area (Å²) >= 11 is 1.53. The summed E-state index contributed by atoms with van der Waals surface area (Å²) in [6.07, 6.45) is 0.450. The zero-order valence-electron chi connectivity index (χ0n) is 15.0. The quantitative estimate of drug-likeness (QED) is 0.604. The van der Waals surface area contributed by atoms with E-state index >= 15 is 0 Å². The van der Waals surface area contributed by atoms with Gasteiger partial charge >= 0.3 is 0 Å². The predicted molar refractivity (Wildman–Crippen MR) is 105 cm³/mol. The van der Waals surface area contributed by atoms with Crippen molar-refractivity contribution in [1.29, 1.82) is 0 Å². The first-order valence-corrected chi connectivity index (χ1v) is 11.6. The lowest BCUT2D eigenvalue weighted by molar-refractivity contribution is -0.134. The number of nitrogens with zero attached hydrogens (tertiary/aromatic N) is 5. The summed E-state index contributed by atoms with van der Waals surface area (Å²) in [5.41, 5.74) is 1.80. The number of carbonyl (C=O) groups is 1. The number of tetrazole rings is 1. The standard InChI is InChI=1S/C18H19N5O3S2/c24-17(11-23-20-18(19-21-23)15-6-8-27-12-15)22(10-14-4-2-1-3-5-14)16-7-9-28(25,26)13-16/h1-6,8,12,16H,7,9-11,13H2. The van der Waals surface area contributed by atoms with Crippen molar-refractivity contribution in [2.45, 2.75) is 25.6 Å². The first kappa shape index (κ1) is 18.8. The second-order valence-corrected chi connectivity index (χ2v) is 9.73. The van der Waals surface area contributed by atoms with Crippen LogP contribution in [0.25, 0.3) is 11.4 Å². The maximum Gasteiger partial charge on any atom is 0.246 e. The number of carbonyl (C=O) groups excluding carboxylic acids is 1. The molecular formula is C18H19N5O3S2. The largest absolute Gasteiger partial charge is 0.333 e. The Morgan fingerprint density at radius 3 is 2.75 bits per heavy atom. The molecule has 2 aromatic heterocycles. The van der Waals surface area contributed by atoms with Crippen molar-refractivity contribution in [2.24, 2.45) is 0 Å². The summed E-state index contributed by atoms with van der Waals surface area (Å²) in [5, 5.41) is 16.1. The van der Waals surface area contributed by atoms with Crippen LogP contribution in [-0.4, -0.2) is 57.0 Å². The third-order valence-corrected chi connectivity index (χ3v) is 7.11. The van der Waals surface area contributed by atoms with Crippen LogP contribution in [0, 0.1) is 0 Å². The van der Waals surface area contributed by atoms with Gasteiger partial charge in [-0.25, -0.2) is 8.42 Å². The van der Waals surface area contributed by atoms with Crippen molar-refractivity contribution in [3.05, 3.63) is 52.7 Å². The number of sulfone groups is 1. The van der Waals surface area contributed by atoms with E-state index in [1.807, 2.05) is 47.2 Å². The molecule has 28 heavy (non-hydrogen) atoms. The first-order valence-electron chi connectivity index (χ1n) is 8.84. The van der Waals surface area contributed by atoms with Crippen LogP contribution in [-0.2, 0) is 27.7 Å². The number of benzene rings is 1. The number of thiophene rings is 1. The minimum Gasteiger partial charge on any atom is -0.333 e. The SMILES string of the molecule is O=C(Cn1nnc(-c2ccsc2)n1)N(Cc1ccccc1)C1CCS(=O)(=O)C1. The predicted octanol–water partition coefficient (Wildman–Crippen LogP) is 1.62. The highest BCUT2D eigenvalue weighted by molar-refractivity contribution is 7.91. The number of aromatic nitrogens is 4. The molecule has 0 spiro atoms. The summed E-state index contributed by atoms with van der Waals surface area (Å²) < 4.78 is 23.9. The third-order valence-electron chi connectivity index (χ3n) is 4.67. The van der Waals surface area contributed by atoms with Gasteiger partial charge in [0.05, 0.1) is 11.5 Å². The zero-order chi connectivity index (χ0) is 19.6. The van der Waals surface area contributed by atoms with Crippen molar-refractivity contribution in [1.82, 2.24) is 25.1 Å². The van der Waals surface area contributed by atoms with Gasteiger partial charge in [-0.05, 0) is 28.6 Å². The van der Waals surface area contributed by atoms with E-state index in [2.05, 4.69) is 15.4 Å². The van der Waals surface area contributed by atoms with E-state index in [4.69, 9.17) is 0 Å². The fourth-order valence-electron chi connectivity index (χ4n) is 3.25. The number of hydrogen-bond acceptors (Lipinski definition) is 7. The molecule has 1 unspecified atom stereocenters. The monoisotopic (exact) mass is 417 g/mol. The molecule has 10 heteroatoms. The van der Waals surface area contributed by atoms with Crippen LogP contribution in [0.1, 0.15) is 12.0 Å². The molecule has 0 radical (unpaired) electrons. The van der Waals surface area contributed by atoms with Crippen LogP contribution in [0.3, 0.4) is 0 Å². The molecule has 1 aliphatic heterocycles. The van der Waals surface area contributed by atoms with Gasteiger partial charge in [0.1, 0.15) is 6.54 Å².